The highest BCUT2D eigenvalue weighted by Gasteiger charge is 2.25. The van der Waals surface area contributed by atoms with Crippen molar-refractivity contribution in [3.63, 3.8) is 0 Å². The third-order valence-corrected chi connectivity index (χ3v) is 3.18. The summed E-state index contributed by atoms with van der Waals surface area (Å²) in [5.74, 6) is -0.296. The van der Waals surface area contributed by atoms with Crippen molar-refractivity contribution >= 4 is 23.4 Å². The Bertz CT molecular complexity index is 558. The monoisotopic (exact) mass is 324 g/mol. The van der Waals surface area contributed by atoms with Crippen LogP contribution in [0.5, 0.6) is 5.75 Å². The third kappa shape index (κ3) is 5.07. The van der Waals surface area contributed by atoms with Crippen molar-refractivity contribution in [3.05, 3.63) is 41.4 Å². The Morgan fingerprint density at radius 3 is 2.50 bits per heavy atom. The molecule has 6 heteroatoms. The first-order chi connectivity index (χ1) is 10.4. The van der Waals surface area contributed by atoms with Crippen LogP contribution in [0.2, 0.25) is 0 Å². The zero-order valence-corrected chi connectivity index (χ0v) is 13.7. The van der Waals surface area contributed by atoms with Crippen LogP contribution in [0, 0.1) is 5.92 Å². The average Bonchev–Trinajstić information content (AvgIpc) is 2.49. The molecule has 0 aromatic heterocycles. The molecule has 1 aromatic rings. The number of carbonyl (C=O) groups is 2. The van der Waals surface area contributed by atoms with E-state index in [1.54, 1.807) is 24.3 Å². The van der Waals surface area contributed by atoms with Gasteiger partial charge >= 0.3 is 0 Å². The highest BCUT2D eigenvalue weighted by Crippen LogP contribution is 2.17. The van der Waals surface area contributed by atoms with Gasteiger partial charge in [0.25, 0.3) is 5.91 Å². The molecule has 1 rings (SSSR count). The van der Waals surface area contributed by atoms with E-state index in [9.17, 15) is 9.59 Å². The molecule has 2 N–H and O–H groups in total. The maximum absolute atomic E-state index is 12.4. The number of halogens is 1. The summed E-state index contributed by atoms with van der Waals surface area (Å²) in [5, 5.41) is 5.69. The van der Waals surface area contributed by atoms with Gasteiger partial charge in [0.15, 0.2) is 0 Å². The van der Waals surface area contributed by atoms with Gasteiger partial charge in [0.05, 0.1) is 19.2 Å². The van der Waals surface area contributed by atoms with Crippen LogP contribution in [0.25, 0.3) is 0 Å². The van der Waals surface area contributed by atoms with Gasteiger partial charge in [0.1, 0.15) is 11.8 Å². The van der Waals surface area contributed by atoms with E-state index in [0.717, 1.165) is 0 Å². The van der Waals surface area contributed by atoms with E-state index in [-0.39, 0.29) is 24.3 Å². The maximum Gasteiger partial charge on any atom is 0.255 e. The summed E-state index contributed by atoms with van der Waals surface area (Å²) in [6.45, 7) is 7.37. The summed E-state index contributed by atoms with van der Waals surface area (Å²) in [6.07, 6.45) is 0. The van der Waals surface area contributed by atoms with Crippen molar-refractivity contribution < 1.29 is 14.3 Å². The van der Waals surface area contributed by atoms with Crippen molar-refractivity contribution in [2.45, 2.75) is 19.9 Å². The molecule has 0 aliphatic rings. The Balaban J connectivity index is 2.84. The van der Waals surface area contributed by atoms with Crippen LogP contribution in [0.4, 0.5) is 0 Å². The van der Waals surface area contributed by atoms with Crippen LogP contribution in [0.15, 0.2) is 35.9 Å². The number of hydrogen-bond donors (Lipinski definition) is 2. The highest BCUT2D eigenvalue weighted by molar-refractivity contribution is 6.29. The molecule has 120 valence electrons. The summed E-state index contributed by atoms with van der Waals surface area (Å²) in [4.78, 5) is 24.5. The number of hydrogen-bond acceptors (Lipinski definition) is 3. The molecule has 22 heavy (non-hydrogen) atoms. The lowest BCUT2D eigenvalue weighted by molar-refractivity contribution is -0.123. The quantitative estimate of drug-likeness (QED) is 0.809. The smallest absolute Gasteiger partial charge is 0.255 e. The van der Waals surface area contributed by atoms with E-state index in [2.05, 4.69) is 17.2 Å². The zero-order chi connectivity index (χ0) is 16.7. The molecule has 0 unspecified atom stereocenters. The lowest BCUT2D eigenvalue weighted by Gasteiger charge is -2.22. The second-order valence-electron chi connectivity index (χ2n) is 5.13. The molecule has 0 aliphatic heterocycles. The molecule has 1 atom stereocenters. The molecular weight excluding hydrogens is 304 g/mol. The van der Waals surface area contributed by atoms with Crippen molar-refractivity contribution in [3.8, 4) is 5.75 Å². The van der Waals surface area contributed by atoms with E-state index in [4.69, 9.17) is 16.3 Å². The molecule has 0 aliphatic carbocycles. The number of para-hydroxylation sites is 1. The first-order valence-electron chi connectivity index (χ1n) is 6.91. The Kier molecular flexibility index (Phi) is 6.92. The summed E-state index contributed by atoms with van der Waals surface area (Å²) in [5.41, 5.74) is 0.380. The van der Waals surface area contributed by atoms with Crippen LogP contribution in [0.1, 0.15) is 24.2 Å². The number of carbonyl (C=O) groups excluding carboxylic acids is 2. The molecule has 0 saturated carbocycles. The van der Waals surface area contributed by atoms with E-state index < -0.39 is 6.04 Å². The molecule has 0 fully saturated rings. The summed E-state index contributed by atoms with van der Waals surface area (Å²) in [7, 11) is 1.49. The standard InChI is InChI=1S/C16H21ClN2O3/c1-10(2)14(16(21)18-9-11(3)17)19-15(20)12-7-5-6-8-13(12)22-4/h5-8,10,14H,3,9H2,1-2,4H3,(H,18,21)(H,19,20)/t14-/m0/s1. The Hall–Kier alpha value is -2.01. The van der Waals surface area contributed by atoms with E-state index >= 15 is 0 Å². The minimum atomic E-state index is -0.673. The van der Waals surface area contributed by atoms with E-state index in [1.807, 2.05) is 13.8 Å². The number of rotatable bonds is 7. The van der Waals surface area contributed by atoms with Crippen LogP contribution in [-0.2, 0) is 4.79 Å². The van der Waals surface area contributed by atoms with Crippen molar-refractivity contribution in [1.29, 1.82) is 0 Å². The van der Waals surface area contributed by atoms with Crippen LogP contribution >= 0.6 is 11.6 Å². The molecular formula is C16H21ClN2O3. The van der Waals surface area contributed by atoms with Crippen LogP contribution in [0.3, 0.4) is 0 Å². The Morgan fingerprint density at radius 1 is 1.32 bits per heavy atom. The molecule has 2 amide bonds. The van der Waals surface area contributed by atoms with Crippen molar-refractivity contribution in [1.82, 2.24) is 10.6 Å². The van der Waals surface area contributed by atoms with E-state index in [1.165, 1.54) is 7.11 Å². The predicted octanol–water partition coefficient (Wildman–Crippen LogP) is 2.32. The molecule has 5 nitrogen and oxygen atoms in total. The minimum Gasteiger partial charge on any atom is -0.496 e. The highest BCUT2D eigenvalue weighted by atomic mass is 35.5. The second kappa shape index (κ2) is 8.44. The average molecular weight is 325 g/mol. The maximum atomic E-state index is 12.4. The fourth-order valence-corrected chi connectivity index (χ4v) is 1.95. The van der Waals surface area contributed by atoms with Gasteiger partial charge in [-0.25, -0.2) is 0 Å². The minimum absolute atomic E-state index is 0.0813. The normalized spacial score (nSPS) is 11.7. The number of benzene rings is 1. The number of nitrogens with one attached hydrogen (secondary N) is 2. The fraction of sp³-hybridized carbons (Fsp3) is 0.375. The topological polar surface area (TPSA) is 67.4 Å². The summed E-state index contributed by atoms with van der Waals surface area (Å²) in [6, 6.07) is 6.17. The van der Waals surface area contributed by atoms with Crippen LogP contribution in [-0.4, -0.2) is 31.5 Å². The second-order valence-corrected chi connectivity index (χ2v) is 5.67. The summed E-state index contributed by atoms with van der Waals surface area (Å²) < 4.78 is 5.16. The lowest BCUT2D eigenvalue weighted by Crippen LogP contribution is -2.50. The van der Waals surface area contributed by atoms with Gasteiger partial charge in [-0.15, -0.1) is 0 Å². The molecule has 1 aromatic carbocycles. The number of amides is 2. The number of ether oxygens (including phenoxy) is 1. The van der Waals surface area contributed by atoms with E-state index in [0.29, 0.717) is 16.3 Å². The van der Waals surface area contributed by atoms with Gasteiger partial charge in [-0.2, -0.15) is 0 Å². The molecule has 0 saturated heterocycles. The van der Waals surface area contributed by atoms with Crippen LogP contribution < -0.4 is 15.4 Å². The third-order valence-electron chi connectivity index (χ3n) is 3.04. The van der Waals surface area contributed by atoms with Gasteiger partial charge in [-0.1, -0.05) is 44.2 Å². The van der Waals surface area contributed by atoms with Gasteiger partial charge < -0.3 is 15.4 Å². The molecule has 0 spiro atoms. The SMILES string of the molecule is C=C(Cl)CNC(=O)[C@@H](NC(=O)c1ccccc1OC)C(C)C. The van der Waals surface area contributed by atoms with Gasteiger partial charge in [0.2, 0.25) is 5.91 Å². The Morgan fingerprint density at radius 2 is 1.95 bits per heavy atom. The van der Waals surface area contributed by atoms with Crippen molar-refractivity contribution in [2.75, 3.05) is 13.7 Å². The first kappa shape index (κ1) is 18.0. The first-order valence-corrected chi connectivity index (χ1v) is 7.29. The predicted molar refractivity (Wildman–Crippen MR) is 87.1 cm³/mol. The Labute approximate surface area is 135 Å². The molecule has 0 heterocycles. The molecule has 0 bridgehead atoms. The van der Waals surface area contributed by atoms with Crippen molar-refractivity contribution in [2.24, 2.45) is 5.92 Å². The lowest BCUT2D eigenvalue weighted by atomic mass is 10.0. The van der Waals surface area contributed by atoms with Gasteiger partial charge in [-0.05, 0) is 18.1 Å². The van der Waals surface area contributed by atoms with Gasteiger partial charge in [-0.3, -0.25) is 9.59 Å². The largest absolute Gasteiger partial charge is 0.496 e. The summed E-state index contributed by atoms with van der Waals surface area (Å²) >= 11 is 5.63. The van der Waals surface area contributed by atoms with Gasteiger partial charge in [0, 0.05) is 5.03 Å². The zero-order valence-electron chi connectivity index (χ0n) is 13.0. The number of methoxy groups -OCH3 is 1. The molecule has 0 radical (unpaired) electrons. The fourth-order valence-electron chi connectivity index (χ4n) is 1.88.